The molecule has 6 heteroatoms. The average molecular weight is 185 g/mol. The van der Waals surface area contributed by atoms with Gasteiger partial charge in [-0.25, -0.2) is 14.2 Å². The Kier molecular flexibility index (Phi) is 2.63. The highest BCUT2D eigenvalue weighted by molar-refractivity contribution is 5.83. The molecule has 1 heterocycles. The van der Waals surface area contributed by atoms with Gasteiger partial charge in [0.25, 0.3) is 0 Å². The number of ether oxygens (including phenoxy) is 1. The molecule has 0 unspecified atom stereocenters. The third-order valence-electron chi connectivity index (χ3n) is 1.30. The summed E-state index contributed by atoms with van der Waals surface area (Å²) in [6, 6.07) is 1.20. The molecule has 0 spiro atoms. The number of anilines is 2. The molecule has 1 amide bonds. The van der Waals surface area contributed by atoms with Crippen molar-refractivity contribution in [1.82, 2.24) is 4.98 Å². The Morgan fingerprint density at radius 2 is 2.46 bits per heavy atom. The van der Waals surface area contributed by atoms with Crippen LogP contribution in [0.5, 0.6) is 0 Å². The molecule has 0 fully saturated rings. The summed E-state index contributed by atoms with van der Waals surface area (Å²) in [5.41, 5.74) is 5.15. The summed E-state index contributed by atoms with van der Waals surface area (Å²) in [5, 5.41) is 2.24. The highest BCUT2D eigenvalue weighted by Crippen LogP contribution is 2.12. The van der Waals surface area contributed by atoms with Crippen molar-refractivity contribution in [3.05, 3.63) is 18.1 Å². The Bertz CT molecular complexity index is 330. The first-order chi connectivity index (χ1) is 6.13. The Hall–Kier alpha value is -1.85. The zero-order valence-corrected chi connectivity index (χ0v) is 6.87. The number of aromatic nitrogens is 1. The number of nitrogens with two attached hydrogens (primary N) is 1. The minimum Gasteiger partial charge on any atom is -0.453 e. The molecule has 0 bridgehead atoms. The van der Waals surface area contributed by atoms with E-state index in [0.717, 1.165) is 6.20 Å². The fourth-order valence-electron chi connectivity index (χ4n) is 0.678. The first-order valence-electron chi connectivity index (χ1n) is 3.39. The van der Waals surface area contributed by atoms with Gasteiger partial charge in [-0.05, 0) is 0 Å². The molecule has 0 aliphatic rings. The van der Waals surface area contributed by atoms with Crippen molar-refractivity contribution < 1.29 is 13.9 Å². The van der Waals surface area contributed by atoms with E-state index in [1.165, 1.54) is 13.2 Å². The summed E-state index contributed by atoms with van der Waals surface area (Å²) >= 11 is 0. The topological polar surface area (TPSA) is 77.2 Å². The van der Waals surface area contributed by atoms with Crippen molar-refractivity contribution in [2.75, 3.05) is 18.2 Å². The molecule has 0 saturated heterocycles. The Labute approximate surface area is 73.7 Å². The lowest BCUT2D eigenvalue weighted by Gasteiger charge is -2.03. The molecule has 5 nitrogen and oxygen atoms in total. The maximum atomic E-state index is 12.6. The van der Waals surface area contributed by atoms with Crippen molar-refractivity contribution in [3.8, 4) is 0 Å². The molecular weight excluding hydrogens is 177 g/mol. The number of carbonyl (C=O) groups excluding carboxylic acids is 1. The number of hydrogen-bond donors (Lipinski definition) is 2. The zero-order valence-electron chi connectivity index (χ0n) is 6.87. The number of amides is 1. The third kappa shape index (κ3) is 2.29. The van der Waals surface area contributed by atoms with Gasteiger partial charge in [0.1, 0.15) is 5.82 Å². The smallest absolute Gasteiger partial charge is 0.412 e. The van der Waals surface area contributed by atoms with Gasteiger partial charge < -0.3 is 10.5 Å². The Morgan fingerprint density at radius 1 is 1.77 bits per heavy atom. The molecule has 70 valence electrons. The van der Waals surface area contributed by atoms with Crippen LogP contribution >= 0.6 is 0 Å². The number of nitrogens with zero attached hydrogens (tertiary/aromatic N) is 1. The molecule has 0 aliphatic heterocycles. The van der Waals surface area contributed by atoms with Crippen LogP contribution in [0.4, 0.5) is 20.7 Å². The van der Waals surface area contributed by atoms with E-state index in [-0.39, 0.29) is 11.5 Å². The van der Waals surface area contributed by atoms with Crippen LogP contribution in [0, 0.1) is 5.82 Å². The fraction of sp³-hybridized carbons (Fsp3) is 0.143. The molecular formula is C7H8FN3O2. The van der Waals surface area contributed by atoms with Crippen LogP contribution < -0.4 is 11.1 Å². The Balaban J connectivity index is 2.79. The number of nitrogen functional groups attached to an aromatic ring is 1. The van der Waals surface area contributed by atoms with Gasteiger partial charge in [0.05, 0.1) is 19.0 Å². The lowest BCUT2D eigenvalue weighted by molar-refractivity contribution is 0.187. The van der Waals surface area contributed by atoms with Crippen LogP contribution in [0.3, 0.4) is 0 Å². The summed E-state index contributed by atoms with van der Waals surface area (Å²) in [5.74, 6) is -0.485. The normalized spacial score (nSPS) is 9.38. The van der Waals surface area contributed by atoms with Crippen molar-refractivity contribution in [1.29, 1.82) is 0 Å². The van der Waals surface area contributed by atoms with Crippen LogP contribution in [-0.2, 0) is 4.74 Å². The zero-order chi connectivity index (χ0) is 9.84. The van der Waals surface area contributed by atoms with Crippen molar-refractivity contribution in [3.63, 3.8) is 0 Å². The monoisotopic (exact) mass is 185 g/mol. The van der Waals surface area contributed by atoms with E-state index in [4.69, 9.17) is 5.73 Å². The number of rotatable bonds is 1. The number of methoxy groups -OCH3 is 1. The molecule has 0 aromatic carbocycles. The van der Waals surface area contributed by atoms with Crippen LogP contribution in [0.15, 0.2) is 12.3 Å². The highest BCUT2D eigenvalue weighted by atomic mass is 19.1. The first kappa shape index (κ1) is 9.24. The van der Waals surface area contributed by atoms with E-state index in [1.54, 1.807) is 0 Å². The SMILES string of the molecule is COC(=O)Nc1cc(N)c(F)cn1. The molecule has 1 aromatic heterocycles. The maximum Gasteiger partial charge on any atom is 0.412 e. The molecule has 13 heavy (non-hydrogen) atoms. The molecule has 0 atom stereocenters. The summed E-state index contributed by atoms with van der Waals surface area (Å²) in [4.78, 5) is 14.2. The van der Waals surface area contributed by atoms with Gasteiger partial charge in [0, 0.05) is 6.07 Å². The van der Waals surface area contributed by atoms with Crippen molar-refractivity contribution in [2.45, 2.75) is 0 Å². The van der Waals surface area contributed by atoms with Crippen molar-refractivity contribution in [2.24, 2.45) is 0 Å². The number of nitrogens with one attached hydrogen (secondary N) is 1. The predicted octanol–water partition coefficient (Wildman–Crippen LogP) is 0.981. The molecule has 1 aromatic rings. The van der Waals surface area contributed by atoms with Gasteiger partial charge in [0.2, 0.25) is 0 Å². The van der Waals surface area contributed by atoms with E-state index in [0.29, 0.717) is 0 Å². The number of pyridine rings is 1. The van der Waals surface area contributed by atoms with Gasteiger partial charge in [-0.1, -0.05) is 0 Å². The van der Waals surface area contributed by atoms with Gasteiger partial charge in [-0.2, -0.15) is 0 Å². The molecule has 0 aliphatic carbocycles. The summed E-state index contributed by atoms with van der Waals surface area (Å²) in [7, 11) is 1.21. The van der Waals surface area contributed by atoms with Crippen LogP contribution in [0.2, 0.25) is 0 Å². The van der Waals surface area contributed by atoms with E-state index in [2.05, 4.69) is 15.0 Å². The van der Waals surface area contributed by atoms with Crippen LogP contribution in [0.25, 0.3) is 0 Å². The van der Waals surface area contributed by atoms with Crippen molar-refractivity contribution >= 4 is 17.6 Å². The predicted molar refractivity (Wildman–Crippen MR) is 44.6 cm³/mol. The maximum absolute atomic E-state index is 12.6. The fourth-order valence-corrected chi connectivity index (χ4v) is 0.678. The number of halogens is 1. The second kappa shape index (κ2) is 3.70. The summed E-state index contributed by atoms with van der Waals surface area (Å²) in [6.07, 6.45) is 0.235. The lowest BCUT2D eigenvalue weighted by atomic mass is 10.4. The highest BCUT2D eigenvalue weighted by Gasteiger charge is 2.04. The Morgan fingerprint density at radius 3 is 3.00 bits per heavy atom. The number of hydrogen-bond acceptors (Lipinski definition) is 4. The molecule has 0 radical (unpaired) electrons. The standard InChI is InChI=1S/C7H8FN3O2/c1-13-7(12)11-6-2-5(9)4(8)3-10-6/h2-3H,1H3,(H3,9,10,11,12). The van der Waals surface area contributed by atoms with Gasteiger partial charge in [0.15, 0.2) is 5.82 Å². The largest absolute Gasteiger partial charge is 0.453 e. The molecule has 1 rings (SSSR count). The van der Waals surface area contributed by atoms with Gasteiger partial charge >= 0.3 is 6.09 Å². The summed E-state index contributed by atoms with van der Waals surface area (Å²) in [6.45, 7) is 0. The minimum absolute atomic E-state index is 0.0820. The van der Waals surface area contributed by atoms with Gasteiger partial charge in [-0.3, -0.25) is 5.32 Å². The van der Waals surface area contributed by atoms with E-state index in [9.17, 15) is 9.18 Å². The van der Waals surface area contributed by atoms with E-state index >= 15 is 0 Å². The second-order valence-electron chi connectivity index (χ2n) is 2.21. The third-order valence-corrected chi connectivity index (χ3v) is 1.30. The van der Waals surface area contributed by atoms with Crippen LogP contribution in [0.1, 0.15) is 0 Å². The lowest BCUT2D eigenvalue weighted by Crippen LogP contribution is -2.12. The number of carbonyl (C=O) groups is 1. The van der Waals surface area contributed by atoms with Crippen LogP contribution in [-0.4, -0.2) is 18.2 Å². The first-order valence-corrected chi connectivity index (χ1v) is 3.39. The molecule has 0 saturated carbocycles. The van der Waals surface area contributed by atoms with Gasteiger partial charge in [-0.15, -0.1) is 0 Å². The quantitative estimate of drug-likeness (QED) is 0.683. The van der Waals surface area contributed by atoms with E-state index < -0.39 is 11.9 Å². The summed E-state index contributed by atoms with van der Waals surface area (Å²) < 4.78 is 16.9. The minimum atomic E-state index is -0.682. The van der Waals surface area contributed by atoms with E-state index in [1.807, 2.05) is 0 Å². The second-order valence-corrected chi connectivity index (χ2v) is 2.21. The molecule has 3 N–H and O–H groups in total. The average Bonchev–Trinajstić information content (AvgIpc) is 2.11.